The van der Waals surface area contributed by atoms with Crippen LogP contribution in [0.5, 0.6) is 5.75 Å². The van der Waals surface area contributed by atoms with Gasteiger partial charge in [-0.05, 0) is 55.2 Å². The fourth-order valence-electron chi connectivity index (χ4n) is 6.20. The second-order valence-corrected chi connectivity index (χ2v) is 9.42. The number of aromatic hydroxyl groups is 1. The molecule has 1 aromatic heterocycles. The summed E-state index contributed by atoms with van der Waals surface area (Å²) in [5, 5.41) is 12.9. The number of aromatic nitrogens is 1. The number of hydrogen-bond acceptors (Lipinski definition) is 4. The number of rotatable bonds is 3. The summed E-state index contributed by atoms with van der Waals surface area (Å²) >= 11 is 0. The van der Waals surface area contributed by atoms with Crippen molar-refractivity contribution >= 4 is 11.8 Å². The minimum atomic E-state index is -0.973. The summed E-state index contributed by atoms with van der Waals surface area (Å²) in [6.45, 7) is 1.50. The summed E-state index contributed by atoms with van der Waals surface area (Å²) in [6, 6.07) is 2.48. The van der Waals surface area contributed by atoms with Gasteiger partial charge in [0.2, 0.25) is 5.43 Å². The van der Waals surface area contributed by atoms with Gasteiger partial charge in [-0.15, -0.1) is 0 Å². The summed E-state index contributed by atoms with van der Waals surface area (Å²) in [4.78, 5) is 40.4. The molecule has 2 bridgehead atoms. The maximum atomic E-state index is 14.1. The van der Waals surface area contributed by atoms with Crippen LogP contribution in [0.15, 0.2) is 23.1 Å². The van der Waals surface area contributed by atoms with Crippen molar-refractivity contribution in [2.75, 3.05) is 0 Å². The van der Waals surface area contributed by atoms with Crippen LogP contribution in [0.1, 0.15) is 44.8 Å². The summed E-state index contributed by atoms with van der Waals surface area (Å²) in [5.41, 5.74) is -1.35. The fourth-order valence-corrected chi connectivity index (χ4v) is 6.20. The zero-order valence-electron chi connectivity index (χ0n) is 17.3. The fraction of sp³-hybridized carbons (Fsp3) is 0.435. The van der Waals surface area contributed by atoms with E-state index in [1.54, 1.807) is 6.92 Å². The molecule has 3 heterocycles. The molecule has 1 saturated heterocycles. The Bertz CT molecular complexity index is 1250. The lowest BCUT2D eigenvalue weighted by molar-refractivity contribution is 0.0465. The number of nitrogens with zero attached hydrogens (tertiary/aromatic N) is 2. The SMILES string of the molecule is Cc1cc(F)c(CNC(=O)c2cn3c(c(O)c2=O)C(=O)N2C4CC([C@@H]5C[C@H]45)[C@@H]2C3)c(F)c1. The maximum Gasteiger partial charge on any atom is 0.275 e. The van der Waals surface area contributed by atoms with Crippen LogP contribution in [-0.4, -0.2) is 38.5 Å². The molecule has 3 fully saturated rings. The van der Waals surface area contributed by atoms with E-state index in [1.165, 1.54) is 10.8 Å². The monoisotopic (exact) mass is 441 g/mol. The van der Waals surface area contributed by atoms with Gasteiger partial charge in [0.25, 0.3) is 11.8 Å². The van der Waals surface area contributed by atoms with Crippen molar-refractivity contribution in [3.63, 3.8) is 0 Å². The van der Waals surface area contributed by atoms with Gasteiger partial charge in [-0.3, -0.25) is 14.4 Å². The highest BCUT2D eigenvalue weighted by Crippen LogP contribution is 2.64. The number of piperidine rings is 1. The third kappa shape index (κ3) is 2.53. The molecule has 0 radical (unpaired) electrons. The highest BCUT2D eigenvalue weighted by molar-refractivity contribution is 5.99. The Labute approximate surface area is 181 Å². The quantitative estimate of drug-likeness (QED) is 0.762. The van der Waals surface area contributed by atoms with Crippen molar-refractivity contribution in [3.8, 4) is 5.75 Å². The molecule has 5 atom stereocenters. The number of pyridine rings is 1. The van der Waals surface area contributed by atoms with Gasteiger partial charge in [0.15, 0.2) is 11.4 Å². The van der Waals surface area contributed by atoms with Gasteiger partial charge in [-0.1, -0.05) is 0 Å². The van der Waals surface area contributed by atoms with Gasteiger partial charge in [0, 0.05) is 30.9 Å². The number of fused-ring (bicyclic) bond motifs is 9. The summed E-state index contributed by atoms with van der Waals surface area (Å²) in [7, 11) is 0. The van der Waals surface area contributed by atoms with Gasteiger partial charge < -0.3 is 19.9 Å². The normalized spacial score (nSPS) is 28.9. The first-order valence-electron chi connectivity index (χ1n) is 10.8. The van der Waals surface area contributed by atoms with Crippen LogP contribution in [0.3, 0.4) is 0 Å². The summed E-state index contributed by atoms with van der Waals surface area (Å²) in [6.07, 6.45) is 3.35. The van der Waals surface area contributed by atoms with Crippen LogP contribution in [0.2, 0.25) is 0 Å². The molecule has 9 heteroatoms. The summed E-state index contributed by atoms with van der Waals surface area (Å²) in [5.74, 6) is -2.01. The lowest BCUT2D eigenvalue weighted by Crippen LogP contribution is -2.53. The smallest absolute Gasteiger partial charge is 0.275 e. The first-order valence-corrected chi connectivity index (χ1v) is 10.8. The number of hydrogen-bond donors (Lipinski definition) is 2. The first kappa shape index (κ1) is 19.5. The second kappa shape index (κ2) is 6.40. The minimum absolute atomic E-state index is 0.00249. The molecular weight excluding hydrogens is 420 g/mol. The highest BCUT2D eigenvalue weighted by atomic mass is 19.1. The third-order valence-corrected chi connectivity index (χ3v) is 7.69. The van der Waals surface area contributed by atoms with Crippen molar-refractivity contribution < 1.29 is 23.5 Å². The Morgan fingerprint density at radius 2 is 1.81 bits per heavy atom. The molecule has 2 aliphatic heterocycles. The number of amides is 2. The van der Waals surface area contributed by atoms with E-state index in [0.717, 1.165) is 25.0 Å². The molecule has 2 unspecified atom stereocenters. The van der Waals surface area contributed by atoms with E-state index < -0.39 is 35.3 Å². The maximum absolute atomic E-state index is 14.1. The van der Waals surface area contributed by atoms with E-state index >= 15 is 0 Å². The zero-order valence-corrected chi connectivity index (χ0v) is 17.3. The van der Waals surface area contributed by atoms with E-state index in [0.29, 0.717) is 29.9 Å². The topological polar surface area (TPSA) is 91.6 Å². The molecule has 1 aromatic carbocycles. The van der Waals surface area contributed by atoms with E-state index in [1.807, 2.05) is 4.90 Å². The van der Waals surface area contributed by atoms with Crippen molar-refractivity contribution in [1.82, 2.24) is 14.8 Å². The van der Waals surface area contributed by atoms with Crippen LogP contribution in [0.25, 0.3) is 0 Å². The third-order valence-electron chi connectivity index (χ3n) is 7.69. The number of carbonyl (C=O) groups excluding carboxylic acids is 2. The molecule has 2 aliphatic carbocycles. The number of aryl methyl sites for hydroxylation is 1. The predicted octanol–water partition coefficient (Wildman–Crippen LogP) is 1.93. The molecule has 6 rings (SSSR count). The van der Waals surface area contributed by atoms with Crippen molar-refractivity contribution in [3.05, 3.63) is 62.6 Å². The van der Waals surface area contributed by atoms with Gasteiger partial charge in [-0.25, -0.2) is 8.78 Å². The molecule has 2 amide bonds. The molecule has 2 aromatic rings. The van der Waals surface area contributed by atoms with Crippen LogP contribution in [0.4, 0.5) is 8.78 Å². The van der Waals surface area contributed by atoms with Crippen LogP contribution < -0.4 is 10.7 Å². The molecule has 7 nitrogen and oxygen atoms in total. The molecule has 32 heavy (non-hydrogen) atoms. The molecule has 0 spiro atoms. The molecule has 166 valence electrons. The van der Waals surface area contributed by atoms with Gasteiger partial charge in [-0.2, -0.15) is 0 Å². The van der Waals surface area contributed by atoms with Gasteiger partial charge in [0.05, 0.1) is 6.04 Å². The molecular formula is C23H21F2N3O4. The van der Waals surface area contributed by atoms with Crippen LogP contribution in [-0.2, 0) is 13.1 Å². The second-order valence-electron chi connectivity index (χ2n) is 9.42. The van der Waals surface area contributed by atoms with E-state index in [4.69, 9.17) is 0 Å². The largest absolute Gasteiger partial charge is 0.503 e. The first-order chi connectivity index (χ1) is 15.3. The van der Waals surface area contributed by atoms with Gasteiger partial charge in [0.1, 0.15) is 17.2 Å². The zero-order chi connectivity index (χ0) is 22.5. The average Bonchev–Trinajstić information content (AvgIpc) is 3.34. The van der Waals surface area contributed by atoms with Crippen molar-refractivity contribution in [2.24, 2.45) is 17.8 Å². The lowest BCUT2D eigenvalue weighted by Gasteiger charge is -2.40. The number of halogens is 2. The molecule has 2 N–H and O–H groups in total. The molecule has 4 aliphatic rings. The standard InChI is InChI=1S/C23H21F2N3O4/c1-9-2-15(24)13(16(25)3-9)6-26-22(31)14-7-27-8-18-12-5-17(11-4-10(11)12)28(18)23(32)19(27)21(30)20(14)29/h2-3,7,10-12,17-18,30H,4-6,8H2,1H3,(H,26,31)/t10-,11+,12?,17?,18+/m1/s1. The number of nitrogens with one attached hydrogen (secondary N) is 1. The Morgan fingerprint density at radius 1 is 1.12 bits per heavy atom. The Morgan fingerprint density at radius 3 is 2.53 bits per heavy atom. The van der Waals surface area contributed by atoms with Gasteiger partial charge >= 0.3 is 0 Å². The lowest BCUT2D eigenvalue weighted by atomic mass is 9.94. The van der Waals surface area contributed by atoms with E-state index in [2.05, 4.69) is 5.32 Å². The minimum Gasteiger partial charge on any atom is -0.503 e. The van der Waals surface area contributed by atoms with Crippen molar-refractivity contribution in [1.29, 1.82) is 0 Å². The predicted molar refractivity (Wildman–Crippen MR) is 108 cm³/mol. The van der Waals surface area contributed by atoms with E-state index in [-0.39, 0.29) is 34.8 Å². The van der Waals surface area contributed by atoms with Crippen molar-refractivity contribution in [2.45, 2.75) is 44.9 Å². The van der Waals surface area contributed by atoms with Crippen LogP contribution >= 0.6 is 0 Å². The molecule has 2 saturated carbocycles. The van der Waals surface area contributed by atoms with Crippen LogP contribution in [0, 0.1) is 36.3 Å². The average molecular weight is 441 g/mol. The Hall–Kier alpha value is -3.23. The van der Waals surface area contributed by atoms with E-state index in [9.17, 15) is 28.3 Å². The Balaban J connectivity index is 1.30. The number of carbonyl (C=O) groups is 2. The highest BCUT2D eigenvalue weighted by Gasteiger charge is 2.66. The number of benzene rings is 1. The summed E-state index contributed by atoms with van der Waals surface area (Å²) < 4.78 is 29.6. The Kier molecular flexibility index (Phi) is 3.89.